The molecule has 0 aliphatic carbocycles. The van der Waals surface area contributed by atoms with Crippen LogP contribution in [0.1, 0.15) is 34.8 Å². The second-order valence-electron chi connectivity index (χ2n) is 6.44. The van der Waals surface area contributed by atoms with Gasteiger partial charge in [-0.1, -0.05) is 35.9 Å². The fraction of sp³-hybridized carbons (Fsp3) is 0.238. The van der Waals surface area contributed by atoms with Gasteiger partial charge in [-0.2, -0.15) is 5.10 Å². The van der Waals surface area contributed by atoms with Crippen LogP contribution in [0, 0.1) is 0 Å². The zero-order valence-electron chi connectivity index (χ0n) is 15.4. The Morgan fingerprint density at radius 3 is 2.86 bits per heavy atom. The van der Waals surface area contributed by atoms with Crippen molar-refractivity contribution in [2.45, 2.75) is 26.2 Å². The minimum atomic E-state index is -0.280. The molecule has 1 aliphatic rings. The van der Waals surface area contributed by atoms with E-state index in [0.29, 0.717) is 41.9 Å². The summed E-state index contributed by atoms with van der Waals surface area (Å²) in [5, 5.41) is 8.03. The van der Waals surface area contributed by atoms with Gasteiger partial charge in [-0.25, -0.2) is 0 Å². The van der Waals surface area contributed by atoms with Crippen LogP contribution in [0.4, 0.5) is 5.69 Å². The van der Waals surface area contributed by atoms with Crippen molar-refractivity contribution in [1.29, 1.82) is 0 Å². The molecule has 2 heterocycles. The summed E-state index contributed by atoms with van der Waals surface area (Å²) < 4.78 is 13.3. The Balaban J connectivity index is 1.50. The summed E-state index contributed by atoms with van der Waals surface area (Å²) in [7, 11) is 0. The number of fused-ring (bicyclic) bond motifs is 1. The van der Waals surface area contributed by atoms with Gasteiger partial charge >= 0.3 is 0 Å². The van der Waals surface area contributed by atoms with Gasteiger partial charge in [-0.15, -0.1) is 0 Å². The number of ether oxygens (including phenoxy) is 2. The summed E-state index contributed by atoms with van der Waals surface area (Å²) in [5.41, 5.74) is 2.87. The van der Waals surface area contributed by atoms with Gasteiger partial charge in [0.05, 0.1) is 31.1 Å². The van der Waals surface area contributed by atoms with Crippen LogP contribution >= 0.6 is 11.6 Å². The van der Waals surface area contributed by atoms with Crippen molar-refractivity contribution >= 4 is 23.2 Å². The van der Waals surface area contributed by atoms with Crippen molar-refractivity contribution in [2.24, 2.45) is 0 Å². The fourth-order valence-corrected chi connectivity index (χ4v) is 3.28. The second kappa shape index (κ2) is 8.04. The topological polar surface area (TPSA) is 65.4 Å². The molecule has 7 heteroatoms. The number of para-hydroxylation sites is 2. The van der Waals surface area contributed by atoms with Crippen LogP contribution in [0.3, 0.4) is 0 Å². The maximum atomic E-state index is 12.7. The third kappa shape index (κ3) is 3.88. The van der Waals surface area contributed by atoms with Crippen molar-refractivity contribution in [3.63, 3.8) is 0 Å². The first kappa shape index (κ1) is 18.5. The Labute approximate surface area is 168 Å². The lowest BCUT2D eigenvalue weighted by Gasteiger charge is -2.24. The SMILES string of the molecule is CCOc1ccccc1NC(=O)c1cc2n(n1)CC(c1ccc(Cl)cc1)OC2. The van der Waals surface area contributed by atoms with Crippen LogP contribution < -0.4 is 10.1 Å². The Morgan fingerprint density at radius 2 is 2.07 bits per heavy atom. The Bertz CT molecular complexity index is 985. The molecular weight excluding hydrogens is 378 g/mol. The molecule has 0 saturated heterocycles. The predicted molar refractivity (Wildman–Crippen MR) is 107 cm³/mol. The number of rotatable bonds is 5. The molecule has 28 heavy (non-hydrogen) atoms. The van der Waals surface area contributed by atoms with Gasteiger partial charge in [0, 0.05) is 5.02 Å². The van der Waals surface area contributed by atoms with E-state index in [1.165, 1.54) is 0 Å². The molecule has 1 aromatic heterocycles. The number of carbonyl (C=O) groups is 1. The minimum Gasteiger partial charge on any atom is -0.492 e. The van der Waals surface area contributed by atoms with Gasteiger partial charge in [-0.3, -0.25) is 9.48 Å². The molecule has 1 atom stereocenters. The fourth-order valence-electron chi connectivity index (χ4n) is 3.15. The highest BCUT2D eigenvalue weighted by atomic mass is 35.5. The van der Waals surface area contributed by atoms with Gasteiger partial charge in [0.1, 0.15) is 11.9 Å². The number of hydrogen-bond donors (Lipinski definition) is 1. The molecule has 2 aromatic carbocycles. The maximum Gasteiger partial charge on any atom is 0.276 e. The van der Waals surface area contributed by atoms with Crippen molar-refractivity contribution in [1.82, 2.24) is 9.78 Å². The highest BCUT2D eigenvalue weighted by molar-refractivity contribution is 6.30. The molecule has 144 valence electrons. The van der Waals surface area contributed by atoms with E-state index in [-0.39, 0.29) is 12.0 Å². The molecule has 1 unspecified atom stereocenters. The largest absolute Gasteiger partial charge is 0.492 e. The van der Waals surface area contributed by atoms with E-state index in [9.17, 15) is 4.79 Å². The standard InChI is InChI=1S/C21H20ClN3O3/c1-2-27-19-6-4-3-5-17(19)23-21(26)18-11-16-13-28-20(12-25(16)24-18)14-7-9-15(22)10-8-14/h3-11,20H,2,12-13H2,1H3,(H,23,26). The number of benzene rings is 2. The first-order valence-electron chi connectivity index (χ1n) is 9.11. The molecular formula is C21H20ClN3O3. The molecule has 0 bridgehead atoms. The summed E-state index contributed by atoms with van der Waals surface area (Å²) in [6, 6.07) is 16.7. The summed E-state index contributed by atoms with van der Waals surface area (Å²) in [6.45, 7) is 3.36. The summed E-state index contributed by atoms with van der Waals surface area (Å²) >= 11 is 5.96. The molecule has 3 aromatic rings. The average molecular weight is 398 g/mol. The van der Waals surface area contributed by atoms with Gasteiger partial charge in [-0.05, 0) is 42.8 Å². The van der Waals surface area contributed by atoms with E-state index in [1.807, 2.05) is 54.1 Å². The number of nitrogens with zero attached hydrogens (tertiary/aromatic N) is 2. The van der Waals surface area contributed by atoms with E-state index in [1.54, 1.807) is 12.1 Å². The summed E-state index contributed by atoms with van der Waals surface area (Å²) in [4.78, 5) is 12.7. The lowest BCUT2D eigenvalue weighted by atomic mass is 10.1. The van der Waals surface area contributed by atoms with E-state index in [0.717, 1.165) is 11.3 Å². The number of halogens is 1. The molecule has 1 amide bonds. The van der Waals surface area contributed by atoms with Crippen LogP contribution in [0.15, 0.2) is 54.6 Å². The minimum absolute atomic E-state index is 0.126. The van der Waals surface area contributed by atoms with E-state index >= 15 is 0 Å². The van der Waals surface area contributed by atoms with Crippen molar-refractivity contribution < 1.29 is 14.3 Å². The zero-order chi connectivity index (χ0) is 19.5. The third-order valence-corrected chi connectivity index (χ3v) is 4.80. The number of aromatic nitrogens is 2. The van der Waals surface area contributed by atoms with Crippen LogP contribution in [-0.2, 0) is 17.9 Å². The molecule has 0 spiro atoms. The quantitative estimate of drug-likeness (QED) is 0.690. The normalized spacial score (nSPS) is 15.7. The van der Waals surface area contributed by atoms with Crippen LogP contribution in [0.5, 0.6) is 5.75 Å². The highest BCUT2D eigenvalue weighted by Gasteiger charge is 2.24. The number of carbonyl (C=O) groups excluding carboxylic acids is 1. The predicted octanol–water partition coefficient (Wildman–Crippen LogP) is 4.46. The first-order chi connectivity index (χ1) is 13.6. The van der Waals surface area contributed by atoms with E-state index in [2.05, 4.69) is 10.4 Å². The molecule has 4 rings (SSSR count). The van der Waals surface area contributed by atoms with Crippen molar-refractivity contribution in [3.8, 4) is 5.75 Å². The van der Waals surface area contributed by atoms with Gasteiger partial charge < -0.3 is 14.8 Å². The van der Waals surface area contributed by atoms with Crippen LogP contribution in [0.2, 0.25) is 5.02 Å². The Morgan fingerprint density at radius 1 is 1.29 bits per heavy atom. The lowest BCUT2D eigenvalue weighted by Crippen LogP contribution is -2.22. The molecule has 0 saturated carbocycles. The smallest absolute Gasteiger partial charge is 0.276 e. The first-order valence-corrected chi connectivity index (χ1v) is 9.49. The Hall–Kier alpha value is -2.83. The summed E-state index contributed by atoms with van der Waals surface area (Å²) in [6.07, 6.45) is -0.126. The maximum absolute atomic E-state index is 12.7. The summed E-state index contributed by atoms with van der Waals surface area (Å²) in [5.74, 6) is 0.352. The lowest BCUT2D eigenvalue weighted by molar-refractivity contribution is -0.00118. The number of hydrogen-bond acceptors (Lipinski definition) is 4. The molecule has 1 aliphatic heterocycles. The number of amides is 1. The monoisotopic (exact) mass is 397 g/mol. The molecule has 0 fully saturated rings. The van der Waals surface area contributed by atoms with Gasteiger partial charge in [0.2, 0.25) is 0 Å². The average Bonchev–Trinajstić information content (AvgIpc) is 3.14. The second-order valence-corrected chi connectivity index (χ2v) is 6.87. The van der Waals surface area contributed by atoms with E-state index < -0.39 is 0 Å². The molecule has 6 nitrogen and oxygen atoms in total. The van der Waals surface area contributed by atoms with Gasteiger partial charge in [0.25, 0.3) is 5.91 Å². The Kier molecular flexibility index (Phi) is 5.32. The highest BCUT2D eigenvalue weighted by Crippen LogP contribution is 2.28. The zero-order valence-corrected chi connectivity index (χ0v) is 16.1. The number of anilines is 1. The van der Waals surface area contributed by atoms with Crippen molar-refractivity contribution in [2.75, 3.05) is 11.9 Å². The molecule has 1 N–H and O–H groups in total. The van der Waals surface area contributed by atoms with Crippen molar-refractivity contribution in [3.05, 3.63) is 76.6 Å². The van der Waals surface area contributed by atoms with Crippen LogP contribution in [-0.4, -0.2) is 22.3 Å². The molecule has 0 radical (unpaired) electrons. The van der Waals surface area contributed by atoms with Gasteiger partial charge in [0.15, 0.2) is 5.69 Å². The number of nitrogens with one attached hydrogen (secondary N) is 1. The van der Waals surface area contributed by atoms with E-state index in [4.69, 9.17) is 21.1 Å². The van der Waals surface area contributed by atoms with Crippen LogP contribution in [0.25, 0.3) is 0 Å². The third-order valence-electron chi connectivity index (χ3n) is 4.54.